The third-order valence-corrected chi connectivity index (χ3v) is 9.31. The fourth-order valence-corrected chi connectivity index (χ4v) is 6.58. The number of rotatable bonds is 7. The van der Waals surface area contributed by atoms with Crippen LogP contribution in [-0.4, -0.2) is 75.1 Å². The fraction of sp³-hybridized carbons (Fsp3) is 0.519. The zero-order valence-corrected chi connectivity index (χ0v) is 23.1. The van der Waals surface area contributed by atoms with Gasteiger partial charge >= 0.3 is 0 Å². The number of hydrogen-bond acceptors (Lipinski definition) is 7. The minimum Gasteiger partial charge on any atom is -0.355 e. The van der Waals surface area contributed by atoms with Crippen LogP contribution in [0.15, 0.2) is 41.4 Å². The molecule has 6 rings (SSSR count). The van der Waals surface area contributed by atoms with Gasteiger partial charge < -0.3 is 20.4 Å². The Balaban J connectivity index is 1.23. The molecule has 1 atom stereocenters. The number of benzene rings is 1. The molecule has 0 aliphatic carbocycles. The largest absolute Gasteiger partial charge is 0.355 e. The predicted molar refractivity (Wildman–Crippen MR) is 147 cm³/mol. The highest BCUT2D eigenvalue weighted by Gasteiger charge is 2.35. The molecule has 2 N–H and O–H groups in total. The second-order valence-corrected chi connectivity index (χ2v) is 13.2. The van der Waals surface area contributed by atoms with E-state index in [1.165, 1.54) is 25.1 Å². The average Bonchev–Trinajstić information content (AvgIpc) is 2.89. The molecule has 4 aliphatic rings. The van der Waals surface area contributed by atoms with Crippen LogP contribution in [-0.2, 0) is 14.6 Å². The van der Waals surface area contributed by atoms with Crippen LogP contribution < -0.4 is 15.5 Å². The molecule has 4 fully saturated rings. The summed E-state index contributed by atoms with van der Waals surface area (Å²) < 4.78 is 24.4. The molecule has 1 aromatic heterocycles. The first-order chi connectivity index (χ1) is 18.2. The molecule has 0 spiro atoms. The summed E-state index contributed by atoms with van der Waals surface area (Å²) in [6.45, 7) is 4.58. The van der Waals surface area contributed by atoms with Gasteiger partial charge in [0.2, 0.25) is 5.91 Å². The van der Waals surface area contributed by atoms with Crippen LogP contribution in [0.1, 0.15) is 42.5 Å². The number of amides is 2. The van der Waals surface area contributed by atoms with E-state index < -0.39 is 15.7 Å². The van der Waals surface area contributed by atoms with Gasteiger partial charge in [0.1, 0.15) is 0 Å². The number of aromatic nitrogens is 1. The van der Waals surface area contributed by atoms with E-state index in [2.05, 4.69) is 20.5 Å². The third kappa shape index (κ3) is 6.30. The van der Waals surface area contributed by atoms with Crippen molar-refractivity contribution in [2.75, 3.05) is 49.2 Å². The van der Waals surface area contributed by atoms with Gasteiger partial charge in [-0.15, -0.1) is 0 Å². The Morgan fingerprint density at radius 2 is 1.82 bits per heavy atom. The number of pyridine rings is 1. The average molecular weight is 560 g/mol. The van der Waals surface area contributed by atoms with Gasteiger partial charge in [0.15, 0.2) is 15.7 Å². The Morgan fingerprint density at radius 1 is 1.08 bits per heavy atom. The number of nitrogens with zero attached hydrogens (tertiary/aromatic N) is 3. The SMILES string of the molecule is CS(=O)(=O)c1cnc(N2CCC(CC(=O)NC3CN4CCC3CC4)CC2)c(NC(=O)c2cccc(Cl)c2)c1. The van der Waals surface area contributed by atoms with Crippen molar-refractivity contribution in [1.82, 2.24) is 15.2 Å². The number of fused-ring (bicyclic) bond motifs is 3. The second kappa shape index (κ2) is 11.2. The van der Waals surface area contributed by atoms with E-state index in [1.54, 1.807) is 24.3 Å². The van der Waals surface area contributed by atoms with E-state index in [0.29, 0.717) is 47.5 Å². The van der Waals surface area contributed by atoms with Gasteiger partial charge in [0, 0.05) is 55.1 Å². The van der Waals surface area contributed by atoms with Gasteiger partial charge in [0.25, 0.3) is 5.91 Å². The standard InChI is InChI=1S/C27H34ClN5O4S/c1-38(36,37)22-15-23(31-27(35)20-3-2-4-21(28)14-20)26(29-16-22)33-11-5-18(6-12-33)13-25(34)30-24-17-32-9-7-19(24)8-10-32/h2-4,14-16,18-19,24H,5-13,17H2,1H3,(H,30,34)(H,31,35). The third-order valence-electron chi connectivity index (χ3n) is 8.00. The van der Waals surface area contributed by atoms with Crippen LogP contribution in [0.5, 0.6) is 0 Å². The predicted octanol–water partition coefficient (Wildman–Crippen LogP) is 3.21. The van der Waals surface area contributed by atoms with Crippen LogP contribution in [0, 0.1) is 11.8 Å². The number of anilines is 2. The topological polar surface area (TPSA) is 112 Å². The quantitative estimate of drug-likeness (QED) is 0.536. The number of piperidine rings is 4. The number of hydrogen-bond donors (Lipinski definition) is 2. The first-order valence-electron chi connectivity index (χ1n) is 13.2. The van der Waals surface area contributed by atoms with Crippen LogP contribution >= 0.6 is 11.6 Å². The van der Waals surface area contributed by atoms with Gasteiger partial charge in [-0.3, -0.25) is 9.59 Å². The van der Waals surface area contributed by atoms with E-state index in [4.69, 9.17) is 11.6 Å². The summed E-state index contributed by atoms with van der Waals surface area (Å²) in [5.74, 6) is 1.12. The van der Waals surface area contributed by atoms with Crippen LogP contribution in [0.2, 0.25) is 5.02 Å². The molecular formula is C27H34ClN5O4S. The first-order valence-corrected chi connectivity index (χ1v) is 15.5. The molecule has 9 nitrogen and oxygen atoms in total. The lowest BCUT2D eigenvalue weighted by Gasteiger charge is -2.45. The molecule has 4 saturated heterocycles. The minimum atomic E-state index is -3.52. The molecule has 4 aliphatic heterocycles. The lowest BCUT2D eigenvalue weighted by Crippen LogP contribution is -2.57. The van der Waals surface area contributed by atoms with Crippen molar-refractivity contribution in [1.29, 1.82) is 0 Å². The van der Waals surface area contributed by atoms with Gasteiger partial charge in [-0.2, -0.15) is 0 Å². The molecule has 0 radical (unpaired) electrons. The van der Waals surface area contributed by atoms with Crippen molar-refractivity contribution >= 4 is 44.8 Å². The maximum atomic E-state index is 12.9. The maximum absolute atomic E-state index is 12.9. The summed E-state index contributed by atoms with van der Waals surface area (Å²) in [7, 11) is -3.52. The van der Waals surface area contributed by atoms with Crippen LogP contribution in [0.25, 0.3) is 0 Å². The zero-order valence-electron chi connectivity index (χ0n) is 21.5. The molecular weight excluding hydrogens is 526 g/mol. The Kier molecular flexibility index (Phi) is 7.93. The van der Waals surface area contributed by atoms with Crippen LogP contribution in [0.3, 0.4) is 0 Å². The molecule has 204 valence electrons. The molecule has 1 aromatic carbocycles. The normalized spacial score (nSPS) is 23.7. The number of carbonyl (C=O) groups excluding carboxylic acids is 2. The van der Waals surface area contributed by atoms with Gasteiger partial charge in [-0.05, 0) is 74.9 Å². The Hall–Kier alpha value is -2.69. The van der Waals surface area contributed by atoms with Crippen molar-refractivity contribution in [3.8, 4) is 0 Å². The molecule has 11 heteroatoms. The van der Waals surface area contributed by atoms with E-state index in [0.717, 1.165) is 38.7 Å². The van der Waals surface area contributed by atoms with Gasteiger partial charge in [-0.1, -0.05) is 17.7 Å². The zero-order chi connectivity index (χ0) is 26.9. The number of sulfone groups is 1. The van der Waals surface area contributed by atoms with E-state index in [1.807, 2.05) is 4.90 Å². The van der Waals surface area contributed by atoms with E-state index in [9.17, 15) is 18.0 Å². The summed E-state index contributed by atoms with van der Waals surface area (Å²) in [5.41, 5.74) is 0.692. The van der Waals surface area contributed by atoms with Crippen molar-refractivity contribution in [3.05, 3.63) is 47.1 Å². The summed E-state index contributed by atoms with van der Waals surface area (Å²) in [6.07, 6.45) is 6.91. The van der Waals surface area contributed by atoms with Crippen molar-refractivity contribution in [2.45, 2.75) is 43.0 Å². The molecule has 2 bridgehead atoms. The molecule has 0 saturated carbocycles. The smallest absolute Gasteiger partial charge is 0.255 e. The first kappa shape index (κ1) is 26.9. The molecule has 5 heterocycles. The van der Waals surface area contributed by atoms with Crippen molar-refractivity contribution in [2.24, 2.45) is 11.8 Å². The number of halogens is 1. The fourth-order valence-electron chi connectivity index (χ4n) is 5.81. The van der Waals surface area contributed by atoms with E-state index >= 15 is 0 Å². The Morgan fingerprint density at radius 3 is 2.45 bits per heavy atom. The molecule has 2 aromatic rings. The Labute approximate surface area is 228 Å². The highest BCUT2D eigenvalue weighted by Crippen LogP contribution is 2.32. The maximum Gasteiger partial charge on any atom is 0.255 e. The molecule has 1 unspecified atom stereocenters. The second-order valence-electron chi connectivity index (χ2n) is 10.7. The number of nitrogens with one attached hydrogen (secondary N) is 2. The minimum absolute atomic E-state index is 0.0296. The van der Waals surface area contributed by atoms with Crippen LogP contribution in [0.4, 0.5) is 11.5 Å². The highest BCUT2D eigenvalue weighted by molar-refractivity contribution is 7.90. The lowest BCUT2D eigenvalue weighted by molar-refractivity contribution is -0.124. The van der Waals surface area contributed by atoms with Gasteiger partial charge in [-0.25, -0.2) is 13.4 Å². The monoisotopic (exact) mass is 559 g/mol. The summed E-state index contributed by atoms with van der Waals surface area (Å²) in [6, 6.07) is 8.27. The Bertz CT molecular complexity index is 1300. The van der Waals surface area contributed by atoms with Crippen molar-refractivity contribution in [3.63, 3.8) is 0 Å². The summed E-state index contributed by atoms with van der Waals surface area (Å²) in [4.78, 5) is 34.7. The lowest BCUT2D eigenvalue weighted by atomic mass is 9.83. The van der Waals surface area contributed by atoms with Crippen molar-refractivity contribution < 1.29 is 18.0 Å². The summed E-state index contributed by atoms with van der Waals surface area (Å²) in [5, 5.41) is 6.55. The highest BCUT2D eigenvalue weighted by atomic mass is 35.5. The molecule has 38 heavy (non-hydrogen) atoms. The number of carbonyl (C=O) groups is 2. The summed E-state index contributed by atoms with van der Waals surface area (Å²) >= 11 is 6.04. The van der Waals surface area contributed by atoms with E-state index in [-0.39, 0.29) is 22.8 Å². The van der Waals surface area contributed by atoms with Gasteiger partial charge in [0.05, 0.1) is 10.6 Å². The molecule has 2 amide bonds.